The van der Waals surface area contributed by atoms with Gasteiger partial charge in [0.1, 0.15) is 0 Å². The molecule has 8 nitrogen and oxygen atoms in total. The Morgan fingerprint density at radius 3 is 2.30 bits per heavy atom. The molecular formula is C25H32N2O6. The first kappa shape index (κ1) is 23.2. The molecule has 0 radical (unpaired) electrons. The summed E-state index contributed by atoms with van der Waals surface area (Å²) in [5.74, 6) is 2.20. The second-order valence-electron chi connectivity index (χ2n) is 8.23. The fraction of sp³-hybridized carbons (Fsp3) is 0.480. The summed E-state index contributed by atoms with van der Waals surface area (Å²) in [6.07, 6.45) is 2.60. The van der Waals surface area contributed by atoms with Gasteiger partial charge in [-0.3, -0.25) is 9.80 Å². The third kappa shape index (κ3) is 4.09. The van der Waals surface area contributed by atoms with E-state index in [0.29, 0.717) is 41.6 Å². The van der Waals surface area contributed by atoms with Gasteiger partial charge >= 0.3 is 0 Å². The fourth-order valence-corrected chi connectivity index (χ4v) is 5.00. The van der Waals surface area contributed by atoms with Crippen LogP contribution in [0, 0.1) is 0 Å². The summed E-state index contributed by atoms with van der Waals surface area (Å²) < 4.78 is 27.6. The number of hydrogen-bond donors (Lipinski definition) is 0. The number of carbonyl (C=O) groups excluding carboxylic acids is 1. The number of ether oxygens (including phenoxy) is 5. The Morgan fingerprint density at radius 2 is 1.64 bits per heavy atom. The molecule has 178 valence electrons. The second-order valence-corrected chi connectivity index (χ2v) is 8.23. The van der Waals surface area contributed by atoms with Crippen molar-refractivity contribution in [3.05, 3.63) is 47.0 Å². The number of hydrazine groups is 1. The highest BCUT2D eigenvalue weighted by atomic mass is 16.5. The van der Waals surface area contributed by atoms with Gasteiger partial charge in [0.2, 0.25) is 0 Å². The van der Waals surface area contributed by atoms with E-state index in [-0.39, 0.29) is 18.0 Å². The van der Waals surface area contributed by atoms with Gasteiger partial charge in [0.15, 0.2) is 23.0 Å². The zero-order valence-electron chi connectivity index (χ0n) is 19.9. The highest BCUT2D eigenvalue weighted by molar-refractivity contribution is 6.00. The van der Waals surface area contributed by atoms with Crippen molar-refractivity contribution in [2.24, 2.45) is 0 Å². The summed E-state index contributed by atoms with van der Waals surface area (Å²) >= 11 is 0. The monoisotopic (exact) mass is 456 g/mol. The summed E-state index contributed by atoms with van der Waals surface area (Å²) in [6, 6.07) is 9.57. The maximum atomic E-state index is 14.1. The number of nitrogens with zero attached hydrogens (tertiary/aromatic N) is 2. The van der Waals surface area contributed by atoms with E-state index in [1.807, 2.05) is 35.3 Å². The van der Waals surface area contributed by atoms with Crippen LogP contribution in [0.25, 0.3) is 0 Å². The zero-order chi connectivity index (χ0) is 23.5. The third-order valence-corrected chi connectivity index (χ3v) is 6.54. The van der Waals surface area contributed by atoms with Crippen molar-refractivity contribution in [2.45, 2.75) is 31.3 Å². The second kappa shape index (κ2) is 9.89. The van der Waals surface area contributed by atoms with Crippen LogP contribution in [0.15, 0.2) is 30.3 Å². The molecule has 0 spiro atoms. The molecule has 1 saturated heterocycles. The largest absolute Gasteiger partial charge is 0.493 e. The van der Waals surface area contributed by atoms with Crippen LogP contribution in [0.3, 0.4) is 0 Å². The zero-order valence-corrected chi connectivity index (χ0v) is 19.9. The van der Waals surface area contributed by atoms with Gasteiger partial charge in [0, 0.05) is 13.7 Å². The lowest BCUT2D eigenvalue weighted by atomic mass is 9.89. The maximum Gasteiger partial charge on any atom is 0.272 e. The summed E-state index contributed by atoms with van der Waals surface area (Å²) in [7, 11) is 8.08. The molecule has 2 atom stereocenters. The molecule has 0 N–H and O–H groups in total. The highest BCUT2D eigenvalue weighted by Gasteiger charge is 2.43. The van der Waals surface area contributed by atoms with E-state index in [1.165, 1.54) is 0 Å². The number of rotatable bonds is 8. The van der Waals surface area contributed by atoms with Crippen LogP contribution in [-0.4, -0.2) is 70.7 Å². The lowest BCUT2D eigenvalue weighted by Crippen LogP contribution is -2.54. The number of carbonyl (C=O) groups is 1. The van der Waals surface area contributed by atoms with Gasteiger partial charge in [0.05, 0.1) is 52.7 Å². The molecule has 0 saturated carbocycles. The predicted molar refractivity (Wildman–Crippen MR) is 123 cm³/mol. The van der Waals surface area contributed by atoms with Gasteiger partial charge in [-0.1, -0.05) is 12.1 Å². The SMILES string of the molecule is COC[C@@H]1CCCN1N1C(=O)c2c(ccc(OC)c2OC)C[C@@H]1c1ccc(OC)c(OC)c1. The van der Waals surface area contributed by atoms with Crippen molar-refractivity contribution in [3.63, 3.8) is 0 Å². The van der Waals surface area contributed by atoms with E-state index >= 15 is 0 Å². The van der Waals surface area contributed by atoms with Gasteiger partial charge < -0.3 is 23.7 Å². The minimum Gasteiger partial charge on any atom is -0.493 e. The first-order valence-electron chi connectivity index (χ1n) is 11.1. The van der Waals surface area contributed by atoms with Crippen molar-refractivity contribution in [1.29, 1.82) is 0 Å². The number of benzene rings is 2. The van der Waals surface area contributed by atoms with E-state index in [4.69, 9.17) is 23.7 Å². The molecule has 8 heteroatoms. The van der Waals surface area contributed by atoms with Crippen molar-refractivity contribution >= 4 is 5.91 Å². The predicted octanol–water partition coefficient (Wildman–Crippen LogP) is 3.49. The smallest absolute Gasteiger partial charge is 0.272 e. The quantitative estimate of drug-likeness (QED) is 0.602. The molecule has 0 bridgehead atoms. The van der Waals surface area contributed by atoms with Gasteiger partial charge in [-0.05, 0) is 48.6 Å². The Balaban J connectivity index is 1.85. The number of amides is 1. The van der Waals surface area contributed by atoms with Crippen LogP contribution in [-0.2, 0) is 11.2 Å². The van der Waals surface area contributed by atoms with E-state index in [9.17, 15) is 4.79 Å². The van der Waals surface area contributed by atoms with Crippen LogP contribution in [0.2, 0.25) is 0 Å². The van der Waals surface area contributed by atoms with E-state index in [0.717, 1.165) is 30.5 Å². The van der Waals surface area contributed by atoms with E-state index in [2.05, 4.69) is 5.01 Å². The molecule has 33 heavy (non-hydrogen) atoms. The average molecular weight is 457 g/mol. The molecule has 0 unspecified atom stereocenters. The first-order chi connectivity index (χ1) is 16.1. The Labute approximate surface area is 194 Å². The molecule has 0 aromatic heterocycles. The summed E-state index contributed by atoms with van der Waals surface area (Å²) in [4.78, 5) is 14.1. The van der Waals surface area contributed by atoms with Gasteiger partial charge in [-0.2, -0.15) is 0 Å². The summed E-state index contributed by atoms with van der Waals surface area (Å²) in [6.45, 7) is 1.34. The Kier molecular flexibility index (Phi) is 6.95. The van der Waals surface area contributed by atoms with Crippen LogP contribution in [0.1, 0.15) is 40.4 Å². The molecule has 2 heterocycles. The highest BCUT2D eigenvalue weighted by Crippen LogP contribution is 2.44. The Morgan fingerprint density at radius 1 is 0.909 bits per heavy atom. The standard InChI is InChI=1S/C25H32N2O6/c1-29-15-18-7-6-12-26(18)27-19(16-8-10-20(30-2)22(14-16)32-4)13-17-9-11-21(31-3)24(33-5)23(17)25(27)28/h8-11,14,18-19H,6-7,12-13,15H2,1-5H3/t18-,19+/m0/s1. The van der Waals surface area contributed by atoms with Gasteiger partial charge in [0.25, 0.3) is 5.91 Å². The summed E-state index contributed by atoms with van der Waals surface area (Å²) in [5, 5.41) is 4.05. The lowest BCUT2D eigenvalue weighted by Gasteiger charge is -2.44. The van der Waals surface area contributed by atoms with E-state index < -0.39 is 0 Å². The third-order valence-electron chi connectivity index (χ3n) is 6.54. The van der Waals surface area contributed by atoms with Gasteiger partial charge in [-0.15, -0.1) is 0 Å². The normalized spacial score (nSPS) is 20.5. The van der Waals surface area contributed by atoms with E-state index in [1.54, 1.807) is 35.5 Å². The van der Waals surface area contributed by atoms with Crippen molar-refractivity contribution in [2.75, 3.05) is 48.7 Å². The molecule has 4 rings (SSSR count). The number of hydrogen-bond acceptors (Lipinski definition) is 7. The van der Waals surface area contributed by atoms with Crippen LogP contribution in [0.5, 0.6) is 23.0 Å². The molecular weight excluding hydrogens is 424 g/mol. The number of fused-ring (bicyclic) bond motifs is 1. The van der Waals surface area contributed by atoms with Crippen LogP contribution >= 0.6 is 0 Å². The number of methoxy groups -OCH3 is 5. The molecule has 2 aromatic rings. The lowest BCUT2D eigenvalue weighted by molar-refractivity contribution is -0.0641. The molecule has 2 aliphatic rings. The van der Waals surface area contributed by atoms with Crippen LogP contribution in [0.4, 0.5) is 0 Å². The average Bonchev–Trinajstić information content (AvgIpc) is 3.30. The topological polar surface area (TPSA) is 69.7 Å². The van der Waals surface area contributed by atoms with Crippen molar-refractivity contribution in [3.8, 4) is 23.0 Å². The Hall–Kier alpha value is -2.97. The van der Waals surface area contributed by atoms with Gasteiger partial charge in [-0.25, -0.2) is 5.01 Å². The first-order valence-corrected chi connectivity index (χ1v) is 11.1. The minimum absolute atomic E-state index is 0.102. The maximum absolute atomic E-state index is 14.1. The molecule has 1 fully saturated rings. The summed E-state index contributed by atoms with van der Waals surface area (Å²) in [5.41, 5.74) is 2.46. The van der Waals surface area contributed by atoms with Crippen LogP contribution < -0.4 is 18.9 Å². The molecule has 2 aromatic carbocycles. The molecule has 2 aliphatic heterocycles. The fourth-order valence-electron chi connectivity index (χ4n) is 5.00. The Bertz CT molecular complexity index is 1010. The van der Waals surface area contributed by atoms with Crippen molar-refractivity contribution < 1.29 is 28.5 Å². The molecule has 0 aliphatic carbocycles. The minimum atomic E-state index is -0.208. The van der Waals surface area contributed by atoms with Crippen molar-refractivity contribution in [1.82, 2.24) is 10.0 Å². The molecule has 1 amide bonds.